The molecule has 1 aliphatic rings. The minimum Gasteiger partial charge on any atom is -0.349 e. The van der Waals surface area contributed by atoms with Gasteiger partial charge in [-0.15, -0.1) is 11.8 Å². The van der Waals surface area contributed by atoms with Crippen LogP contribution in [-0.2, 0) is 11.2 Å². The molecule has 0 fully saturated rings. The molecule has 0 heterocycles. The Morgan fingerprint density at radius 2 is 1.95 bits per heavy atom. The summed E-state index contributed by atoms with van der Waals surface area (Å²) >= 11 is 4.99. The van der Waals surface area contributed by atoms with Crippen molar-refractivity contribution in [3.05, 3.63) is 64.1 Å². The third kappa shape index (κ3) is 3.93. The van der Waals surface area contributed by atoms with Crippen LogP contribution in [0.3, 0.4) is 0 Å². The molecule has 0 bridgehead atoms. The molecule has 1 aliphatic carbocycles. The maximum Gasteiger partial charge on any atom is 0.230 e. The second-order valence-corrected chi connectivity index (χ2v) is 7.42. The highest BCUT2D eigenvalue weighted by Gasteiger charge is 2.21. The summed E-state index contributed by atoms with van der Waals surface area (Å²) in [6, 6.07) is 16.7. The highest BCUT2D eigenvalue weighted by atomic mass is 79.9. The zero-order valence-corrected chi connectivity index (χ0v) is 14.6. The van der Waals surface area contributed by atoms with Crippen molar-refractivity contribution in [1.82, 2.24) is 5.32 Å². The van der Waals surface area contributed by atoms with Gasteiger partial charge in [0, 0.05) is 9.37 Å². The normalized spacial score (nSPS) is 16.9. The number of aryl methyl sites for hydroxylation is 1. The monoisotopic (exact) mass is 375 g/mol. The first kappa shape index (κ1) is 15.6. The Morgan fingerprint density at radius 3 is 2.77 bits per heavy atom. The SMILES string of the molecule is O=C(CSc1ccc(Br)cc1)N[C@H]1CCCc2ccccc21. The Labute approximate surface area is 143 Å². The van der Waals surface area contributed by atoms with E-state index in [-0.39, 0.29) is 11.9 Å². The van der Waals surface area contributed by atoms with E-state index >= 15 is 0 Å². The number of carbonyl (C=O) groups is 1. The number of benzene rings is 2. The number of hydrogen-bond donors (Lipinski definition) is 1. The van der Waals surface area contributed by atoms with Gasteiger partial charge in [-0.1, -0.05) is 40.2 Å². The van der Waals surface area contributed by atoms with Gasteiger partial charge in [0.05, 0.1) is 11.8 Å². The number of carbonyl (C=O) groups excluding carboxylic acids is 1. The number of halogens is 1. The lowest BCUT2D eigenvalue weighted by molar-refractivity contribution is -0.119. The topological polar surface area (TPSA) is 29.1 Å². The molecule has 22 heavy (non-hydrogen) atoms. The molecule has 2 aromatic rings. The molecule has 0 radical (unpaired) electrons. The Morgan fingerprint density at radius 1 is 1.18 bits per heavy atom. The van der Waals surface area contributed by atoms with Gasteiger partial charge in [-0.3, -0.25) is 4.79 Å². The van der Waals surface area contributed by atoms with Gasteiger partial charge in [-0.2, -0.15) is 0 Å². The molecule has 0 saturated heterocycles. The van der Waals surface area contributed by atoms with Crippen molar-refractivity contribution < 1.29 is 4.79 Å². The lowest BCUT2D eigenvalue weighted by Crippen LogP contribution is -2.32. The van der Waals surface area contributed by atoms with Crippen molar-refractivity contribution in [3.8, 4) is 0 Å². The summed E-state index contributed by atoms with van der Waals surface area (Å²) in [4.78, 5) is 13.3. The van der Waals surface area contributed by atoms with Gasteiger partial charge in [-0.05, 0) is 54.7 Å². The minimum absolute atomic E-state index is 0.106. The summed E-state index contributed by atoms with van der Waals surface area (Å²) in [5, 5.41) is 3.19. The minimum atomic E-state index is 0.106. The Kier molecular flexibility index (Phi) is 5.21. The van der Waals surface area contributed by atoms with Crippen molar-refractivity contribution in [3.63, 3.8) is 0 Å². The van der Waals surface area contributed by atoms with Gasteiger partial charge in [0.2, 0.25) is 5.91 Å². The summed E-state index contributed by atoms with van der Waals surface area (Å²) in [6.07, 6.45) is 3.30. The fraction of sp³-hybridized carbons (Fsp3) is 0.278. The molecule has 114 valence electrons. The molecular weight excluding hydrogens is 358 g/mol. The van der Waals surface area contributed by atoms with Gasteiger partial charge in [-0.25, -0.2) is 0 Å². The fourth-order valence-electron chi connectivity index (χ4n) is 2.82. The molecule has 3 rings (SSSR count). The first-order chi connectivity index (χ1) is 10.7. The van der Waals surface area contributed by atoms with Crippen LogP contribution in [0.1, 0.15) is 30.0 Å². The Balaban J connectivity index is 1.57. The zero-order valence-electron chi connectivity index (χ0n) is 12.2. The largest absolute Gasteiger partial charge is 0.349 e. The van der Waals surface area contributed by atoms with Gasteiger partial charge < -0.3 is 5.32 Å². The lowest BCUT2D eigenvalue weighted by Gasteiger charge is -2.26. The zero-order chi connectivity index (χ0) is 15.4. The first-order valence-electron chi connectivity index (χ1n) is 7.48. The number of thioether (sulfide) groups is 1. The van der Waals surface area contributed by atoms with Crippen LogP contribution >= 0.6 is 27.7 Å². The van der Waals surface area contributed by atoms with E-state index in [1.54, 1.807) is 11.8 Å². The van der Waals surface area contributed by atoms with Gasteiger partial charge in [0.15, 0.2) is 0 Å². The average molecular weight is 376 g/mol. The van der Waals surface area contributed by atoms with Crippen LogP contribution in [0.25, 0.3) is 0 Å². The van der Waals surface area contributed by atoms with E-state index in [4.69, 9.17) is 0 Å². The number of hydrogen-bond acceptors (Lipinski definition) is 2. The fourth-order valence-corrected chi connectivity index (χ4v) is 3.79. The molecule has 2 nitrogen and oxygen atoms in total. The molecule has 1 atom stereocenters. The second-order valence-electron chi connectivity index (χ2n) is 5.45. The van der Waals surface area contributed by atoms with Crippen LogP contribution in [0, 0.1) is 0 Å². The second kappa shape index (κ2) is 7.34. The Hall–Kier alpha value is -1.26. The van der Waals surface area contributed by atoms with E-state index in [9.17, 15) is 4.79 Å². The summed E-state index contributed by atoms with van der Waals surface area (Å²) in [5.74, 6) is 0.565. The summed E-state index contributed by atoms with van der Waals surface area (Å²) in [7, 11) is 0. The van der Waals surface area contributed by atoms with Crippen molar-refractivity contribution in [2.75, 3.05) is 5.75 Å². The van der Waals surface area contributed by atoms with Gasteiger partial charge in [0.25, 0.3) is 0 Å². The quantitative estimate of drug-likeness (QED) is 0.782. The van der Waals surface area contributed by atoms with E-state index in [1.807, 2.05) is 24.3 Å². The van der Waals surface area contributed by atoms with Gasteiger partial charge >= 0.3 is 0 Å². The third-order valence-electron chi connectivity index (χ3n) is 3.89. The Bertz CT molecular complexity index is 656. The molecule has 0 unspecified atom stereocenters. The third-order valence-corrected chi connectivity index (χ3v) is 5.43. The molecule has 0 aliphatic heterocycles. The van der Waals surface area contributed by atoms with Gasteiger partial charge in [0.1, 0.15) is 0 Å². The molecular formula is C18H18BrNOS. The molecule has 1 amide bonds. The molecule has 0 spiro atoms. The maximum atomic E-state index is 12.2. The molecule has 4 heteroatoms. The number of fused-ring (bicyclic) bond motifs is 1. The van der Waals surface area contributed by atoms with E-state index in [1.165, 1.54) is 11.1 Å². The van der Waals surface area contributed by atoms with Crippen LogP contribution in [0.2, 0.25) is 0 Å². The highest BCUT2D eigenvalue weighted by molar-refractivity contribution is 9.10. The standard InChI is InChI=1S/C18H18BrNOS/c19-14-8-10-15(11-9-14)22-12-18(21)20-17-7-3-5-13-4-1-2-6-16(13)17/h1-2,4,6,8-11,17H,3,5,7,12H2,(H,20,21)/t17-/m0/s1. The van der Waals surface area contributed by atoms with Crippen LogP contribution < -0.4 is 5.32 Å². The van der Waals surface area contributed by atoms with Crippen molar-refractivity contribution in [2.45, 2.75) is 30.2 Å². The van der Waals surface area contributed by atoms with Crippen LogP contribution in [0.15, 0.2) is 57.9 Å². The van der Waals surface area contributed by atoms with Crippen LogP contribution in [-0.4, -0.2) is 11.7 Å². The van der Waals surface area contributed by atoms with Crippen molar-refractivity contribution in [1.29, 1.82) is 0 Å². The van der Waals surface area contributed by atoms with Crippen LogP contribution in [0.4, 0.5) is 0 Å². The van der Waals surface area contributed by atoms with Crippen molar-refractivity contribution in [2.24, 2.45) is 0 Å². The summed E-state index contributed by atoms with van der Waals surface area (Å²) in [6.45, 7) is 0. The molecule has 1 N–H and O–H groups in total. The molecule has 0 aromatic heterocycles. The summed E-state index contributed by atoms with van der Waals surface area (Å²) < 4.78 is 1.06. The molecule has 0 saturated carbocycles. The predicted molar refractivity (Wildman–Crippen MR) is 95.1 cm³/mol. The van der Waals surface area contributed by atoms with Crippen LogP contribution in [0.5, 0.6) is 0 Å². The average Bonchev–Trinajstić information content (AvgIpc) is 2.55. The number of rotatable bonds is 4. The number of amides is 1. The van der Waals surface area contributed by atoms with Crippen molar-refractivity contribution >= 4 is 33.6 Å². The van der Waals surface area contributed by atoms with E-state index < -0.39 is 0 Å². The van der Waals surface area contributed by atoms with E-state index in [0.717, 1.165) is 28.6 Å². The van der Waals surface area contributed by atoms with E-state index in [2.05, 4.69) is 45.5 Å². The highest BCUT2D eigenvalue weighted by Crippen LogP contribution is 2.29. The smallest absolute Gasteiger partial charge is 0.230 e. The predicted octanol–water partition coefficient (Wildman–Crippen LogP) is 4.74. The first-order valence-corrected chi connectivity index (χ1v) is 9.26. The number of nitrogens with one attached hydrogen (secondary N) is 1. The maximum absolute atomic E-state index is 12.2. The van der Waals surface area contributed by atoms with E-state index in [0.29, 0.717) is 5.75 Å². The summed E-state index contributed by atoms with van der Waals surface area (Å²) in [5.41, 5.74) is 2.66. The molecule has 2 aromatic carbocycles. The lowest BCUT2D eigenvalue weighted by atomic mass is 9.88.